The zero-order chi connectivity index (χ0) is 19.9. The predicted molar refractivity (Wildman–Crippen MR) is 96.5 cm³/mol. The number of hydrogen-bond donors (Lipinski definition) is 1. The van der Waals surface area contributed by atoms with Crippen molar-refractivity contribution in [1.29, 1.82) is 0 Å². The second-order valence-corrected chi connectivity index (χ2v) is 7.31. The Kier molecular flexibility index (Phi) is 4.96. The van der Waals surface area contributed by atoms with E-state index in [2.05, 4.69) is 15.5 Å². The Morgan fingerprint density at radius 3 is 2.59 bits per heavy atom. The number of rotatable bonds is 3. The number of pyridine rings is 1. The van der Waals surface area contributed by atoms with Gasteiger partial charge in [-0.25, -0.2) is 0 Å². The number of carbonyl (C=O) groups excluding carboxylic acids is 1. The van der Waals surface area contributed by atoms with Crippen molar-refractivity contribution in [3.05, 3.63) is 50.2 Å². The first-order valence-corrected chi connectivity index (χ1v) is 8.84. The van der Waals surface area contributed by atoms with Gasteiger partial charge in [0.1, 0.15) is 5.56 Å². The van der Waals surface area contributed by atoms with E-state index in [1.54, 1.807) is 16.7 Å². The van der Waals surface area contributed by atoms with Gasteiger partial charge in [0.05, 0.1) is 5.52 Å². The highest BCUT2D eigenvalue weighted by Crippen LogP contribution is 2.33. The average Bonchev–Trinajstić information content (AvgIpc) is 3.04. The molecule has 0 saturated carbocycles. The quantitative estimate of drug-likeness (QED) is 0.688. The molecule has 0 unspecified atom stereocenters. The Morgan fingerprint density at radius 2 is 2.00 bits per heavy atom. The van der Waals surface area contributed by atoms with E-state index >= 15 is 0 Å². The molecule has 6 nitrogen and oxygen atoms in total. The Balaban J connectivity index is 2.05. The van der Waals surface area contributed by atoms with Crippen LogP contribution in [0.3, 0.4) is 0 Å². The fourth-order valence-electron chi connectivity index (χ4n) is 2.47. The van der Waals surface area contributed by atoms with Gasteiger partial charge in [0.2, 0.25) is 15.6 Å². The molecule has 0 radical (unpaired) electrons. The number of fused-ring (bicyclic) bond motifs is 1. The third-order valence-electron chi connectivity index (χ3n) is 3.68. The lowest BCUT2D eigenvalue weighted by Gasteiger charge is -2.16. The summed E-state index contributed by atoms with van der Waals surface area (Å²) in [6.07, 6.45) is -3.30. The Bertz CT molecular complexity index is 1090. The standard InChI is InChI=1S/C16H12ClF3N4O2S/c1-7(2)24-6-10(12(25)9-5-8(17)3-4-11(9)24)13(26)21-15-23-22-14(27-15)16(18,19)20/h3-7H,1-2H3,(H,21,23,26). The maximum absolute atomic E-state index is 12.7. The van der Waals surface area contributed by atoms with Crippen LogP contribution in [-0.2, 0) is 6.18 Å². The molecule has 2 heterocycles. The van der Waals surface area contributed by atoms with Crippen molar-refractivity contribution < 1.29 is 18.0 Å². The number of hydrogen-bond acceptors (Lipinski definition) is 5. The minimum absolute atomic E-state index is 0.0841. The summed E-state index contributed by atoms with van der Waals surface area (Å²) in [6, 6.07) is 4.66. The SMILES string of the molecule is CC(C)n1cc(C(=O)Nc2nnc(C(F)(F)F)s2)c(=O)c2cc(Cl)ccc21. The number of amides is 1. The van der Waals surface area contributed by atoms with Crippen LogP contribution in [0.25, 0.3) is 10.9 Å². The van der Waals surface area contributed by atoms with Crippen LogP contribution in [0.4, 0.5) is 18.3 Å². The highest BCUT2D eigenvalue weighted by atomic mass is 35.5. The number of carbonyl (C=O) groups is 1. The van der Waals surface area contributed by atoms with Crippen molar-refractivity contribution in [3.8, 4) is 0 Å². The van der Waals surface area contributed by atoms with Crippen LogP contribution in [0.15, 0.2) is 29.2 Å². The summed E-state index contributed by atoms with van der Waals surface area (Å²) in [5.41, 5.74) is -0.226. The van der Waals surface area contributed by atoms with Gasteiger partial charge in [0.25, 0.3) is 5.91 Å². The first-order chi connectivity index (χ1) is 12.6. The normalized spacial score (nSPS) is 12.0. The van der Waals surface area contributed by atoms with E-state index < -0.39 is 22.5 Å². The lowest BCUT2D eigenvalue weighted by atomic mass is 10.1. The molecule has 0 aliphatic heterocycles. The maximum Gasteiger partial charge on any atom is 0.445 e. The number of aromatic nitrogens is 3. The molecule has 0 atom stereocenters. The molecule has 0 aliphatic rings. The minimum atomic E-state index is -4.66. The summed E-state index contributed by atoms with van der Waals surface area (Å²) < 4.78 is 39.5. The van der Waals surface area contributed by atoms with Gasteiger partial charge in [-0.2, -0.15) is 13.2 Å². The van der Waals surface area contributed by atoms with Crippen molar-refractivity contribution in [3.63, 3.8) is 0 Å². The smallest absolute Gasteiger partial charge is 0.344 e. The Hall–Kier alpha value is -2.46. The van der Waals surface area contributed by atoms with E-state index in [1.807, 2.05) is 13.8 Å². The van der Waals surface area contributed by atoms with Gasteiger partial charge in [-0.15, -0.1) is 10.2 Å². The van der Waals surface area contributed by atoms with Gasteiger partial charge >= 0.3 is 6.18 Å². The molecule has 2 aromatic heterocycles. The molecule has 1 amide bonds. The van der Waals surface area contributed by atoms with Crippen LogP contribution >= 0.6 is 22.9 Å². The highest BCUT2D eigenvalue weighted by molar-refractivity contribution is 7.15. The van der Waals surface area contributed by atoms with E-state index in [0.29, 0.717) is 10.5 Å². The van der Waals surface area contributed by atoms with Crippen molar-refractivity contribution >= 4 is 44.9 Å². The van der Waals surface area contributed by atoms with Gasteiger partial charge < -0.3 is 4.57 Å². The van der Waals surface area contributed by atoms with Crippen molar-refractivity contribution in [2.45, 2.75) is 26.1 Å². The molecule has 0 bridgehead atoms. The van der Waals surface area contributed by atoms with Gasteiger partial charge in [-0.1, -0.05) is 22.9 Å². The number of benzene rings is 1. The maximum atomic E-state index is 12.7. The molecule has 0 spiro atoms. The van der Waals surface area contributed by atoms with Crippen LogP contribution < -0.4 is 10.7 Å². The fourth-order valence-corrected chi connectivity index (χ4v) is 3.25. The van der Waals surface area contributed by atoms with E-state index in [9.17, 15) is 22.8 Å². The number of anilines is 1. The van der Waals surface area contributed by atoms with Crippen LogP contribution in [-0.4, -0.2) is 20.7 Å². The van der Waals surface area contributed by atoms with E-state index in [4.69, 9.17) is 11.6 Å². The molecular formula is C16H12ClF3N4O2S. The molecule has 3 aromatic rings. The molecule has 0 fully saturated rings. The van der Waals surface area contributed by atoms with E-state index in [0.717, 1.165) is 0 Å². The first-order valence-electron chi connectivity index (χ1n) is 7.64. The lowest BCUT2D eigenvalue weighted by molar-refractivity contribution is -0.138. The van der Waals surface area contributed by atoms with Crippen LogP contribution in [0.1, 0.15) is 35.3 Å². The van der Waals surface area contributed by atoms with E-state index in [1.165, 1.54) is 12.3 Å². The zero-order valence-corrected chi connectivity index (χ0v) is 15.5. The van der Waals surface area contributed by atoms with Crippen molar-refractivity contribution in [2.24, 2.45) is 0 Å². The number of halogens is 4. The highest BCUT2D eigenvalue weighted by Gasteiger charge is 2.36. The minimum Gasteiger partial charge on any atom is -0.344 e. The van der Waals surface area contributed by atoms with Gasteiger partial charge in [-0.05, 0) is 32.0 Å². The van der Waals surface area contributed by atoms with Crippen LogP contribution in [0.5, 0.6) is 0 Å². The van der Waals surface area contributed by atoms with Crippen molar-refractivity contribution in [2.75, 3.05) is 5.32 Å². The largest absolute Gasteiger partial charge is 0.445 e. The van der Waals surface area contributed by atoms with Crippen molar-refractivity contribution in [1.82, 2.24) is 14.8 Å². The first kappa shape index (κ1) is 19.3. The molecule has 142 valence electrons. The molecular weight excluding hydrogens is 405 g/mol. The Morgan fingerprint density at radius 1 is 1.30 bits per heavy atom. The summed E-state index contributed by atoms with van der Waals surface area (Å²) >= 11 is 6.13. The molecule has 11 heteroatoms. The third kappa shape index (κ3) is 3.81. The van der Waals surface area contributed by atoms with Gasteiger partial charge in [0.15, 0.2) is 0 Å². The summed E-state index contributed by atoms with van der Waals surface area (Å²) in [6.45, 7) is 3.72. The Labute approximate surface area is 159 Å². The number of nitrogens with zero attached hydrogens (tertiary/aromatic N) is 3. The fraction of sp³-hybridized carbons (Fsp3) is 0.250. The van der Waals surface area contributed by atoms with E-state index in [-0.39, 0.29) is 33.5 Å². The molecule has 3 rings (SSSR count). The summed E-state index contributed by atoms with van der Waals surface area (Å²) in [5, 5.41) is 7.50. The summed E-state index contributed by atoms with van der Waals surface area (Å²) in [7, 11) is 0. The average molecular weight is 417 g/mol. The molecule has 0 saturated heterocycles. The van der Waals surface area contributed by atoms with Gasteiger partial charge in [0, 0.05) is 22.6 Å². The zero-order valence-electron chi connectivity index (χ0n) is 14.0. The molecule has 1 aromatic carbocycles. The topological polar surface area (TPSA) is 76.9 Å². The predicted octanol–water partition coefficient (Wildman–Crippen LogP) is 4.36. The van der Waals surface area contributed by atoms with Crippen LogP contribution in [0, 0.1) is 0 Å². The van der Waals surface area contributed by atoms with Gasteiger partial charge in [-0.3, -0.25) is 14.9 Å². The third-order valence-corrected chi connectivity index (χ3v) is 4.80. The summed E-state index contributed by atoms with van der Waals surface area (Å²) in [4.78, 5) is 25.2. The molecule has 1 N–H and O–H groups in total. The van der Waals surface area contributed by atoms with Crippen LogP contribution in [0.2, 0.25) is 5.02 Å². The monoisotopic (exact) mass is 416 g/mol. The second kappa shape index (κ2) is 6.93. The molecule has 0 aliphatic carbocycles. The lowest BCUT2D eigenvalue weighted by Crippen LogP contribution is -2.24. The number of nitrogens with one attached hydrogen (secondary N) is 1. The summed E-state index contributed by atoms with van der Waals surface area (Å²) in [5.74, 6) is -0.874. The second-order valence-electron chi connectivity index (χ2n) is 5.90. The number of alkyl halides is 3. The molecule has 27 heavy (non-hydrogen) atoms.